The minimum absolute atomic E-state index is 0.0753. The minimum Gasteiger partial charge on any atom is -0.480 e. The first-order valence-electron chi connectivity index (χ1n) is 8.59. The Bertz CT molecular complexity index is 1100. The van der Waals surface area contributed by atoms with E-state index < -0.39 is 0 Å². The standard InChI is InChI=1S/C18H21N7O2/c1-10(9-26-3)20-18-21-16-15(17(22-18)27-4)12(8-19-16)11-5-6-13-14(7-11)25(2)24-23-13/h5-8,10H,9H2,1-4H3,(H2,19,20,21,22)/t10-/m1/s1. The summed E-state index contributed by atoms with van der Waals surface area (Å²) in [6, 6.07) is 6.08. The van der Waals surface area contributed by atoms with Gasteiger partial charge in [0, 0.05) is 32.0 Å². The van der Waals surface area contributed by atoms with Crippen molar-refractivity contribution in [3.63, 3.8) is 0 Å². The fraction of sp³-hybridized carbons (Fsp3) is 0.333. The summed E-state index contributed by atoms with van der Waals surface area (Å²) in [6.45, 7) is 2.55. The molecule has 9 heteroatoms. The molecule has 1 aromatic carbocycles. The van der Waals surface area contributed by atoms with E-state index in [0.29, 0.717) is 24.1 Å². The molecule has 140 valence electrons. The zero-order valence-electron chi connectivity index (χ0n) is 15.6. The third-order valence-electron chi connectivity index (χ3n) is 4.41. The van der Waals surface area contributed by atoms with E-state index >= 15 is 0 Å². The van der Waals surface area contributed by atoms with Gasteiger partial charge < -0.3 is 19.8 Å². The highest BCUT2D eigenvalue weighted by atomic mass is 16.5. The van der Waals surface area contributed by atoms with Crippen LogP contribution in [0.25, 0.3) is 33.2 Å². The first-order valence-corrected chi connectivity index (χ1v) is 8.59. The van der Waals surface area contributed by atoms with Gasteiger partial charge in [0.1, 0.15) is 11.2 Å². The molecule has 0 radical (unpaired) electrons. The molecule has 0 bridgehead atoms. The summed E-state index contributed by atoms with van der Waals surface area (Å²) < 4.78 is 12.5. The quantitative estimate of drug-likeness (QED) is 0.539. The zero-order valence-corrected chi connectivity index (χ0v) is 15.6. The van der Waals surface area contributed by atoms with E-state index in [9.17, 15) is 0 Å². The molecule has 4 aromatic rings. The molecule has 0 aliphatic heterocycles. The molecule has 0 amide bonds. The lowest BCUT2D eigenvalue weighted by atomic mass is 10.1. The number of nitrogens with zero attached hydrogens (tertiary/aromatic N) is 5. The van der Waals surface area contributed by atoms with Crippen LogP contribution in [0.2, 0.25) is 0 Å². The average Bonchev–Trinajstić information content (AvgIpc) is 3.25. The molecule has 0 spiro atoms. The number of H-pyrrole nitrogens is 1. The van der Waals surface area contributed by atoms with Gasteiger partial charge in [0.2, 0.25) is 11.8 Å². The summed E-state index contributed by atoms with van der Waals surface area (Å²) in [7, 11) is 5.14. The van der Waals surface area contributed by atoms with Crippen molar-refractivity contribution in [3.8, 4) is 17.0 Å². The maximum absolute atomic E-state index is 5.55. The normalized spacial score (nSPS) is 12.6. The Morgan fingerprint density at radius 1 is 1.26 bits per heavy atom. The molecule has 3 aromatic heterocycles. The minimum atomic E-state index is 0.0753. The summed E-state index contributed by atoms with van der Waals surface area (Å²) in [4.78, 5) is 12.3. The number of aromatic nitrogens is 6. The largest absolute Gasteiger partial charge is 0.480 e. The average molecular weight is 367 g/mol. The number of aryl methyl sites for hydroxylation is 1. The number of nitrogens with one attached hydrogen (secondary N) is 2. The first-order chi connectivity index (χ1) is 13.1. The molecule has 0 fully saturated rings. The highest BCUT2D eigenvalue weighted by Gasteiger charge is 2.17. The van der Waals surface area contributed by atoms with E-state index in [0.717, 1.165) is 27.5 Å². The Morgan fingerprint density at radius 2 is 2.11 bits per heavy atom. The van der Waals surface area contributed by atoms with Crippen LogP contribution in [-0.2, 0) is 11.8 Å². The van der Waals surface area contributed by atoms with E-state index in [1.807, 2.05) is 38.4 Å². The lowest BCUT2D eigenvalue weighted by Gasteiger charge is -2.13. The highest BCUT2D eigenvalue weighted by Crippen LogP contribution is 2.35. The summed E-state index contributed by atoms with van der Waals surface area (Å²) in [6.07, 6.45) is 1.91. The van der Waals surface area contributed by atoms with Crippen LogP contribution in [-0.4, -0.2) is 56.8 Å². The van der Waals surface area contributed by atoms with Gasteiger partial charge in [-0.2, -0.15) is 9.97 Å². The van der Waals surface area contributed by atoms with Gasteiger partial charge in [-0.05, 0) is 24.6 Å². The number of methoxy groups -OCH3 is 2. The number of anilines is 1. The van der Waals surface area contributed by atoms with Crippen molar-refractivity contribution >= 4 is 28.0 Å². The fourth-order valence-electron chi connectivity index (χ4n) is 3.15. The van der Waals surface area contributed by atoms with Crippen LogP contribution in [0.5, 0.6) is 5.88 Å². The van der Waals surface area contributed by atoms with Gasteiger partial charge in [-0.3, -0.25) is 0 Å². The van der Waals surface area contributed by atoms with Gasteiger partial charge >= 0.3 is 0 Å². The van der Waals surface area contributed by atoms with Crippen LogP contribution in [0.15, 0.2) is 24.4 Å². The van der Waals surface area contributed by atoms with Crippen molar-refractivity contribution in [2.24, 2.45) is 7.05 Å². The number of ether oxygens (including phenoxy) is 2. The molecule has 3 heterocycles. The van der Waals surface area contributed by atoms with Crippen LogP contribution in [0.3, 0.4) is 0 Å². The Balaban J connectivity index is 1.80. The van der Waals surface area contributed by atoms with Gasteiger partial charge in [0.05, 0.1) is 24.6 Å². The second kappa shape index (κ2) is 6.84. The van der Waals surface area contributed by atoms with Crippen LogP contribution in [0.1, 0.15) is 6.92 Å². The zero-order chi connectivity index (χ0) is 19.0. The van der Waals surface area contributed by atoms with Crippen molar-refractivity contribution < 1.29 is 9.47 Å². The van der Waals surface area contributed by atoms with Crippen molar-refractivity contribution in [2.45, 2.75) is 13.0 Å². The van der Waals surface area contributed by atoms with Crippen molar-refractivity contribution in [3.05, 3.63) is 24.4 Å². The predicted octanol–water partition coefficient (Wildman–Crippen LogP) is 2.36. The fourth-order valence-corrected chi connectivity index (χ4v) is 3.15. The molecule has 27 heavy (non-hydrogen) atoms. The summed E-state index contributed by atoms with van der Waals surface area (Å²) in [5.74, 6) is 0.996. The molecule has 0 unspecified atom stereocenters. The maximum Gasteiger partial charge on any atom is 0.228 e. The Labute approximate surface area is 155 Å². The van der Waals surface area contributed by atoms with E-state index in [1.165, 1.54) is 0 Å². The number of benzene rings is 1. The van der Waals surface area contributed by atoms with Crippen LogP contribution >= 0.6 is 0 Å². The summed E-state index contributed by atoms with van der Waals surface area (Å²) >= 11 is 0. The van der Waals surface area contributed by atoms with Crippen molar-refractivity contribution in [2.75, 3.05) is 26.1 Å². The molecular formula is C18H21N7O2. The van der Waals surface area contributed by atoms with E-state index in [-0.39, 0.29) is 6.04 Å². The third-order valence-corrected chi connectivity index (χ3v) is 4.41. The van der Waals surface area contributed by atoms with Crippen LogP contribution in [0.4, 0.5) is 5.95 Å². The summed E-state index contributed by atoms with van der Waals surface area (Å²) in [5.41, 5.74) is 4.47. The molecule has 2 N–H and O–H groups in total. The van der Waals surface area contributed by atoms with Gasteiger partial charge in [-0.25, -0.2) is 4.68 Å². The lowest BCUT2D eigenvalue weighted by molar-refractivity contribution is 0.190. The molecule has 4 rings (SSSR count). The third kappa shape index (κ3) is 3.06. The smallest absolute Gasteiger partial charge is 0.228 e. The number of aromatic amines is 1. The molecule has 0 saturated carbocycles. The van der Waals surface area contributed by atoms with E-state index in [1.54, 1.807) is 18.9 Å². The van der Waals surface area contributed by atoms with Gasteiger partial charge in [0.25, 0.3) is 0 Å². The highest BCUT2D eigenvalue weighted by molar-refractivity contribution is 5.99. The molecule has 0 saturated heterocycles. The lowest BCUT2D eigenvalue weighted by Crippen LogP contribution is -2.22. The Hall–Kier alpha value is -3.20. The number of hydrogen-bond acceptors (Lipinski definition) is 7. The van der Waals surface area contributed by atoms with Crippen LogP contribution in [0, 0.1) is 0 Å². The monoisotopic (exact) mass is 367 g/mol. The first kappa shape index (κ1) is 17.2. The molecule has 1 atom stereocenters. The maximum atomic E-state index is 5.55. The second-order valence-electron chi connectivity index (χ2n) is 6.40. The van der Waals surface area contributed by atoms with Gasteiger partial charge in [-0.1, -0.05) is 11.3 Å². The van der Waals surface area contributed by atoms with Gasteiger partial charge in [0.15, 0.2) is 0 Å². The van der Waals surface area contributed by atoms with E-state index in [2.05, 4.69) is 30.6 Å². The van der Waals surface area contributed by atoms with Gasteiger partial charge in [-0.15, -0.1) is 5.10 Å². The van der Waals surface area contributed by atoms with Crippen molar-refractivity contribution in [1.29, 1.82) is 0 Å². The van der Waals surface area contributed by atoms with Crippen LogP contribution < -0.4 is 10.1 Å². The Morgan fingerprint density at radius 3 is 2.89 bits per heavy atom. The number of hydrogen-bond donors (Lipinski definition) is 2. The topological polar surface area (TPSA) is 103 Å². The number of rotatable bonds is 6. The second-order valence-corrected chi connectivity index (χ2v) is 6.40. The SMILES string of the molecule is COC[C@@H](C)Nc1nc(OC)c2c(-c3ccc4nnn(C)c4c3)c[nH]c2n1. The molecule has 0 aliphatic rings. The predicted molar refractivity (Wildman–Crippen MR) is 103 cm³/mol. The molecule has 9 nitrogen and oxygen atoms in total. The Kier molecular flexibility index (Phi) is 4.36. The number of fused-ring (bicyclic) bond motifs is 2. The molecule has 0 aliphatic carbocycles. The molecular weight excluding hydrogens is 346 g/mol. The summed E-state index contributed by atoms with van der Waals surface area (Å²) in [5, 5.41) is 12.2. The van der Waals surface area contributed by atoms with E-state index in [4.69, 9.17) is 9.47 Å². The van der Waals surface area contributed by atoms with Crippen molar-refractivity contribution in [1.82, 2.24) is 29.9 Å².